The first-order valence-electron chi connectivity index (χ1n) is 6.87. The van der Waals surface area contributed by atoms with Gasteiger partial charge in [0.25, 0.3) is 0 Å². The molecule has 0 fully saturated rings. The average molecular weight is 285 g/mol. The summed E-state index contributed by atoms with van der Waals surface area (Å²) in [7, 11) is 2.06. The third kappa shape index (κ3) is 2.20. The van der Waals surface area contributed by atoms with Crippen LogP contribution in [0.2, 0.25) is 5.02 Å². The van der Waals surface area contributed by atoms with Crippen molar-refractivity contribution in [1.82, 2.24) is 9.55 Å². The lowest BCUT2D eigenvalue weighted by atomic mass is 9.96. The second-order valence-corrected chi connectivity index (χ2v) is 5.47. The maximum atomic E-state index is 6.09. The summed E-state index contributed by atoms with van der Waals surface area (Å²) < 4.78 is 2.16. The highest BCUT2D eigenvalue weighted by atomic mass is 35.5. The monoisotopic (exact) mass is 284 g/mol. The maximum Gasteiger partial charge on any atom is 0.117 e. The molecule has 3 rings (SSSR count). The number of halogens is 1. The summed E-state index contributed by atoms with van der Waals surface area (Å²) in [6.07, 6.45) is 1.02. The summed E-state index contributed by atoms with van der Waals surface area (Å²) in [5.41, 5.74) is 3.39. The minimum Gasteiger partial charge on any atom is -0.331 e. The molecule has 0 saturated heterocycles. The molecule has 0 aliphatic heterocycles. The van der Waals surface area contributed by atoms with Crippen LogP contribution in [0.3, 0.4) is 0 Å². The Bertz CT molecular complexity index is 731. The largest absolute Gasteiger partial charge is 0.331 e. The Kier molecular flexibility index (Phi) is 3.49. The van der Waals surface area contributed by atoms with Gasteiger partial charge < -0.3 is 4.57 Å². The number of imidazole rings is 1. The highest BCUT2D eigenvalue weighted by Crippen LogP contribution is 2.30. The SMILES string of the molecule is CCC(c1ccccc1)c1nc2ccc(Cl)cc2n1C. The van der Waals surface area contributed by atoms with Gasteiger partial charge in [-0.15, -0.1) is 0 Å². The van der Waals surface area contributed by atoms with Gasteiger partial charge in [-0.2, -0.15) is 0 Å². The van der Waals surface area contributed by atoms with Crippen LogP contribution >= 0.6 is 11.6 Å². The molecule has 0 radical (unpaired) electrons. The molecule has 0 N–H and O–H groups in total. The Morgan fingerprint density at radius 2 is 1.90 bits per heavy atom. The van der Waals surface area contributed by atoms with Crippen LogP contribution in [0.15, 0.2) is 48.5 Å². The molecule has 1 atom stereocenters. The van der Waals surface area contributed by atoms with E-state index in [0.717, 1.165) is 28.3 Å². The van der Waals surface area contributed by atoms with Gasteiger partial charge in [0.05, 0.1) is 11.0 Å². The van der Waals surface area contributed by atoms with Gasteiger partial charge in [-0.05, 0) is 30.2 Å². The van der Waals surface area contributed by atoms with E-state index in [-0.39, 0.29) is 0 Å². The molecule has 3 heteroatoms. The van der Waals surface area contributed by atoms with Crippen molar-refractivity contribution < 1.29 is 0 Å². The van der Waals surface area contributed by atoms with E-state index in [1.165, 1.54) is 5.56 Å². The lowest BCUT2D eigenvalue weighted by Gasteiger charge is -2.15. The van der Waals surface area contributed by atoms with Gasteiger partial charge in [0.2, 0.25) is 0 Å². The third-order valence-corrected chi connectivity index (χ3v) is 4.03. The number of rotatable bonds is 3. The highest BCUT2D eigenvalue weighted by Gasteiger charge is 2.18. The predicted molar refractivity (Wildman–Crippen MR) is 84.3 cm³/mol. The molecule has 0 spiro atoms. The van der Waals surface area contributed by atoms with Crippen molar-refractivity contribution in [2.45, 2.75) is 19.3 Å². The molecule has 1 unspecified atom stereocenters. The summed E-state index contributed by atoms with van der Waals surface area (Å²) in [5.74, 6) is 1.41. The van der Waals surface area contributed by atoms with Gasteiger partial charge >= 0.3 is 0 Å². The lowest BCUT2D eigenvalue weighted by molar-refractivity contribution is 0.681. The van der Waals surface area contributed by atoms with Crippen LogP contribution in [0.1, 0.15) is 30.7 Å². The van der Waals surface area contributed by atoms with Crippen LogP contribution in [0.5, 0.6) is 0 Å². The van der Waals surface area contributed by atoms with Crippen molar-refractivity contribution in [3.05, 3.63) is 64.9 Å². The number of benzene rings is 2. The van der Waals surface area contributed by atoms with Crippen LogP contribution < -0.4 is 0 Å². The summed E-state index contributed by atoms with van der Waals surface area (Å²) >= 11 is 6.09. The smallest absolute Gasteiger partial charge is 0.117 e. The molecule has 20 heavy (non-hydrogen) atoms. The highest BCUT2D eigenvalue weighted by molar-refractivity contribution is 6.31. The standard InChI is InChI=1S/C17H17ClN2/c1-3-14(12-7-5-4-6-8-12)17-19-15-10-9-13(18)11-16(15)20(17)2/h4-11,14H,3H2,1-2H3. The fraction of sp³-hybridized carbons (Fsp3) is 0.235. The molecule has 0 aliphatic rings. The third-order valence-electron chi connectivity index (χ3n) is 3.80. The first-order valence-corrected chi connectivity index (χ1v) is 7.25. The van der Waals surface area contributed by atoms with Crippen molar-refractivity contribution >= 4 is 22.6 Å². The zero-order chi connectivity index (χ0) is 14.1. The predicted octanol–water partition coefficient (Wildman–Crippen LogP) is 4.77. The molecule has 3 aromatic rings. The van der Waals surface area contributed by atoms with Crippen molar-refractivity contribution in [3.63, 3.8) is 0 Å². The second-order valence-electron chi connectivity index (χ2n) is 5.03. The van der Waals surface area contributed by atoms with E-state index in [1.54, 1.807) is 0 Å². The molecule has 0 bridgehead atoms. The van der Waals surface area contributed by atoms with Crippen LogP contribution in [0.4, 0.5) is 0 Å². The second kappa shape index (κ2) is 5.29. The number of fused-ring (bicyclic) bond motifs is 1. The molecule has 1 heterocycles. The Balaban J connectivity index is 2.15. The van der Waals surface area contributed by atoms with Crippen LogP contribution in [0.25, 0.3) is 11.0 Å². The summed E-state index contributed by atoms with van der Waals surface area (Å²) in [5, 5.41) is 0.750. The van der Waals surface area contributed by atoms with Gasteiger partial charge in [0.15, 0.2) is 0 Å². The van der Waals surface area contributed by atoms with Gasteiger partial charge in [-0.3, -0.25) is 0 Å². The fourth-order valence-corrected chi connectivity index (χ4v) is 2.91. The molecule has 1 aromatic heterocycles. The van der Waals surface area contributed by atoms with Crippen molar-refractivity contribution in [2.24, 2.45) is 7.05 Å². The topological polar surface area (TPSA) is 17.8 Å². The van der Waals surface area contributed by atoms with E-state index in [1.807, 2.05) is 24.3 Å². The number of aryl methyl sites for hydroxylation is 1. The van der Waals surface area contributed by atoms with E-state index in [4.69, 9.17) is 16.6 Å². The molecule has 0 saturated carbocycles. The minimum atomic E-state index is 0.312. The molecule has 0 aliphatic carbocycles. The normalized spacial score (nSPS) is 12.8. The van der Waals surface area contributed by atoms with E-state index < -0.39 is 0 Å². The molecular weight excluding hydrogens is 268 g/mol. The minimum absolute atomic E-state index is 0.312. The maximum absolute atomic E-state index is 6.09. The number of aromatic nitrogens is 2. The summed E-state index contributed by atoms with van der Waals surface area (Å²) in [4.78, 5) is 4.81. The van der Waals surface area contributed by atoms with Crippen molar-refractivity contribution in [3.8, 4) is 0 Å². The summed E-state index contributed by atoms with van der Waals surface area (Å²) in [6.45, 7) is 2.20. The van der Waals surface area contributed by atoms with E-state index >= 15 is 0 Å². The van der Waals surface area contributed by atoms with Crippen LogP contribution in [-0.2, 0) is 7.05 Å². The van der Waals surface area contributed by atoms with Gasteiger partial charge in [-0.25, -0.2) is 4.98 Å². The van der Waals surface area contributed by atoms with E-state index in [9.17, 15) is 0 Å². The molecule has 0 amide bonds. The Morgan fingerprint density at radius 3 is 2.60 bits per heavy atom. The number of hydrogen-bond donors (Lipinski definition) is 0. The van der Waals surface area contributed by atoms with Gasteiger partial charge in [-0.1, -0.05) is 48.9 Å². The van der Waals surface area contributed by atoms with Crippen LogP contribution in [0, 0.1) is 0 Å². The molecule has 2 nitrogen and oxygen atoms in total. The first kappa shape index (κ1) is 13.2. The Hall–Kier alpha value is -1.80. The number of hydrogen-bond acceptors (Lipinski definition) is 1. The fourth-order valence-electron chi connectivity index (χ4n) is 2.75. The number of nitrogens with zero attached hydrogens (tertiary/aromatic N) is 2. The Morgan fingerprint density at radius 1 is 1.15 bits per heavy atom. The van der Waals surface area contributed by atoms with Crippen molar-refractivity contribution in [1.29, 1.82) is 0 Å². The molecular formula is C17H17ClN2. The van der Waals surface area contributed by atoms with Crippen LogP contribution in [-0.4, -0.2) is 9.55 Å². The quantitative estimate of drug-likeness (QED) is 0.677. The van der Waals surface area contributed by atoms with E-state index in [2.05, 4.69) is 42.8 Å². The zero-order valence-electron chi connectivity index (χ0n) is 11.7. The Labute approximate surface area is 124 Å². The first-order chi connectivity index (χ1) is 9.70. The average Bonchev–Trinajstić information content (AvgIpc) is 2.78. The van der Waals surface area contributed by atoms with Gasteiger partial charge in [0.1, 0.15) is 5.82 Å². The van der Waals surface area contributed by atoms with E-state index in [0.29, 0.717) is 5.92 Å². The summed E-state index contributed by atoms with van der Waals surface area (Å²) in [6, 6.07) is 16.4. The lowest BCUT2D eigenvalue weighted by Crippen LogP contribution is -2.07. The molecule has 102 valence electrons. The zero-order valence-corrected chi connectivity index (χ0v) is 12.4. The van der Waals surface area contributed by atoms with Gasteiger partial charge in [0, 0.05) is 18.0 Å². The van der Waals surface area contributed by atoms with Crippen molar-refractivity contribution in [2.75, 3.05) is 0 Å². The molecule has 2 aromatic carbocycles.